The zero-order valence-corrected chi connectivity index (χ0v) is 15.9. The van der Waals surface area contributed by atoms with Crippen LogP contribution in [-0.2, 0) is 20.7 Å². The monoisotopic (exact) mass is 367 g/mol. The van der Waals surface area contributed by atoms with E-state index in [4.69, 9.17) is 0 Å². The van der Waals surface area contributed by atoms with Gasteiger partial charge in [-0.05, 0) is 40.0 Å². The third-order valence-corrected chi connectivity index (χ3v) is 5.38. The average molecular weight is 367 g/mol. The molecule has 7 nitrogen and oxygen atoms in total. The zero-order valence-electron chi connectivity index (χ0n) is 15.1. The summed E-state index contributed by atoms with van der Waals surface area (Å²) >= 11 is 1.20. The molecule has 2 heterocycles. The van der Waals surface area contributed by atoms with Crippen LogP contribution in [0.2, 0.25) is 0 Å². The van der Waals surface area contributed by atoms with Gasteiger partial charge < -0.3 is 14.6 Å². The van der Waals surface area contributed by atoms with Gasteiger partial charge in [-0.25, -0.2) is 4.98 Å². The molecule has 0 saturated carbocycles. The van der Waals surface area contributed by atoms with Gasteiger partial charge in [0.1, 0.15) is 0 Å². The summed E-state index contributed by atoms with van der Waals surface area (Å²) in [6.45, 7) is 5.96. The van der Waals surface area contributed by atoms with E-state index in [9.17, 15) is 14.4 Å². The molecule has 8 heteroatoms. The Bertz CT molecular complexity index is 681. The number of thioether (sulfide) groups is 1. The summed E-state index contributed by atoms with van der Waals surface area (Å²) in [5.41, 5.74) is -0.0202. The summed E-state index contributed by atoms with van der Waals surface area (Å²) in [6.07, 6.45) is 3.09. The fourth-order valence-corrected chi connectivity index (χ4v) is 4.02. The molecule has 0 bridgehead atoms. The van der Waals surface area contributed by atoms with E-state index in [1.165, 1.54) is 24.9 Å². The highest BCUT2D eigenvalue weighted by molar-refractivity contribution is 8.00. The van der Waals surface area contributed by atoms with Crippen LogP contribution in [0.3, 0.4) is 0 Å². The smallest absolute Gasteiger partial charge is 0.311 e. The number of H-pyrrole nitrogens is 1. The Balaban J connectivity index is 2.11. The van der Waals surface area contributed by atoms with Crippen LogP contribution < -0.4 is 5.56 Å². The summed E-state index contributed by atoms with van der Waals surface area (Å²) in [7, 11) is 1.28. The molecule has 3 atom stereocenters. The second-order valence-electron chi connectivity index (χ2n) is 6.43. The number of amides is 1. The average Bonchev–Trinajstić information content (AvgIpc) is 2.53. The van der Waals surface area contributed by atoms with E-state index in [1.54, 1.807) is 0 Å². The molecule has 1 aromatic rings. The fraction of sp³-hybridized carbons (Fsp3) is 0.647. The highest BCUT2D eigenvalue weighted by Crippen LogP contribution is 2.27. The third kappa shape index (κ3) is 5.07. The van der Waals surface area contributed by atoms with Gasteiger partial charge in [-0.15, -0.1) is 0 Å². The molecule has 0 radical (unpaired) electrons. The summed E-state index contributed by atoms with van der Waals surface area (Å²) in [4.78, 5) is 44.8. The maximum absolute atomic E-state index is 12.8. The summed E-state index contributed by atoms with van der Waals surface area (Å²) in [5.74, 6) is -0.417. The van der Waals surface area contributed by atoms with Crippen molar-refractivity contribution in [3.05, 3.63) is 22.1 Å². The minimum Gasteiger partial charge on any atom is -0.469 e. The second-order valence-corrected chi connectivity index (χ2v) is 7.76. The van der Waals surface area contributed by atoms with E-state index in [1.807, 2.05) is 11.8 Å². The normalized spacial score (nSPS) is 21.7. The van der Waals surface area contributed by atoms with Crippen molar-refractivity contribution in [3.63, 3.8) is 0 Å². The first-order valence-electron chi connectivity index (χ1n) is 8.47. The largest absolute Gasteiger partial charge is 0.469 e. The van der Waals surface area contributed by atoms with Crippen molar-refractivity contribution < 1.29 is 14.3 Å². The molecule has 0 aliphatic carbocycles. The summed E-state index contributed by atoms with van der Waals surface area (Å²) in [5, 5.41) is -0.0379. The van der Waals surface area contributed by atoms with E-state index in [2.05, 4.69) is 28.6 Å². The Morgan fingerprint density at radius 2 is 2.04 bits per heavy atom. The standard InChI is InChI=1S/C17H25N3O4S/c1-10-6-5-7-11(2)20(10)16(23)12(3)25-17-18-13(8-14(21)19-17)9-15(22)24-4/h8,10-12H,5-7,9H2,1-4H3,(H,18,19,21)/t10-,11+,12-/m1/s1. The first kappa shape index (κ1) is 19.5. The molecule has 0 unspecified atom stereocenters. The Labute approximate surface area is 151 Å². The van der Waals surface area contributed by atoms with E-state index in [0.717, 1.165) is 19.3 Å². The molecular formula is C17H25N3O4S. The Morgan fingerprint density at radius 1 is 1.40 bits per heavy atom. The van der Waals surface area contributed by atoms with E-state index in [-0.39, 0.29) is 35.2 Å². The number of nitrogens with one attached hydrogen (secondary N) is 1. The minimum absolute atomic E-state index is 0.0470. The highest BCUT2D eigenvalue weighted by atomic mass is 32.2. The topological polar surface area (TPSA) is 92.4 Å². The van der Waals surface area contributed by atoms with Gasteiger partial charge in [0, 0.05) is 18.2 Å². The van der Waals surface area contributed by atoms with Gasteiger partial charge in [0.2, 0.25) is 5.91 Å². The van der Waals surface area contributed by atoms with Crippen LogP contribution in [0.1, 0.15) is 45.7 Å². The van der Waals surface area contributed by atoms with Crippen molar-refractivity contribution in [3.8, 4) is 0 Å². The van der Waals surface area contributed by atoms with Gasteiger partial charge in [-0.2, -0.15) is 0 Å². The molecule has 1 N–H and O–H groups in total. The SMILES string of the molecule is COC(=O)Cc1cc(=O)[nH]c(S[C@H](C)C(=O)N2[C@H](C)CCC[C@@H]2C)n1. The minimum atomic E-state index is -0.464. The lowest BCUT2D eigenvalue weighted by molar-refractivity contribution is -0.140. The van der Waals surface area contributed by atoms with Gasteiger partial charge in [-0.1, -0.05) is 11.8 Å². The van der Waals surface area contributed by atoms with Crippen LogP contribution in [0.25, 0.3) is 0 Å². The van der Waals surface area contributed by atoms with Crippen molar-refractivity contribution in [1.82, 2.24) is 14.9 Å². The number of nitrogens with zero attached hydrogens (tertiary/aromatic N) is 2. The fourth-order valence-electron chi connectivity index (χ4n) is 3.13. The zero-order chi connectivity index (χ0) is 18.6. The third-order valence-electron chi connectivity index (χ3n) is 4.41. The van der Waals surface area contributed by atoms with Crippen molar-refractivity contribution in [2.24, 2.45) is 0 Å². The number of carbonyl (C=O) groups excluding carboxylic acids is 2. The van der Waals surface area contributed by atoms with Crippen LogP contribution >= 0.6 is 11.8 Å². The summed E-state index contributed by atoms with van der Waals surface area (Å²) in [6, 6.07) is 1.70. The molecule has 1 saturated heterocycles. The van der Waals surface area contributed by atoms with Crippen LogP contribution in [0.4, 0.5) is 0 Å². The number of aromatic amines is 1. The van der Waals surface area contributed by atoms with Crippen molar-refractivity contribution in [1.29, 1.82) is 0 Å². The molecule has 138 valence electrons. The highest BCUT2D eigenvalue weighted by Gasteiger charge is 2.32. The lowest BCUT2D eigenvalue weighted by Gasteiger charge is -2.40. The molecule has 1 aliphatic heterocycles. The predicted octanol–water partition coefficient (Wildman–Crippen LogP) is 1.76. The number of hydrogen-bond donors (Lipinski definition) is 1. The van der Waals surface area contributed by atoms with Crippen LogP contribution in [0.5, 0.6) is 0 Å². The number of piperidine rings is 1. The molecule has 1 fully saturated rings. The van der Waals surface area contributed by atoms with E-state index >= 15 is 0 Å². The van der Waals surface area contributed by atoms with Gasteiger partial charge in [0.15, 0.2) is 5.16 Å². The van der Waals surface area contributed by atoms with Crippen molar-refractivity contribution in [2.75, 3.05) is 7.11 Å². The van der Waals surface area contributed by atoms with Crippen molar-refractivity contribution >= 4 is 23.6 Å². The molecule has 25 heavy (non-hydrogen) atoms. The molecular weight excluding hydrogens is 342 g/mol. The second kappa shape index (κ2) is 8.51. The quantitative estimate of drug-likeness (QED) is 0.484. The lowest BCUT2D eigenvalue weighted by Crippen LogP contribution is -2.50. The number of esters is 1. The molecule has 0 aromatic carbocycles. The van der Waals surface area contributed by atoms with Crippen LogP contribution in [-0.4, -0.2) is 51.2 Å². The Kier molecular flexibility index (Phi) is 6.64. The number of hydrogen-bond acceptors (Lipinski definition) is 6. The van der Waals surface area contributed by atoms with Gasteiger partial charge in [0.05, 0.1) is 24.5 Å². The number of carbonyl (C=O) groups is 2. The van der Waals surface area contributed by atoms with Crippen molar-refractivity contribution in [2.45, 2.75) is 68.9 Å². The lowest BCUT2D eigenvalue weighted by atomic mass is 9.97. The maximum Gasteiger partial charge on any atom is 0.311 e. The van der Waals surface area contributed by atoms with E-state index in [0.29, 0.717) is 10.9 Å². The molecule has 2 rings (SSSR count). The molecule has 1 aromatic heterocycles. The van der Waals surface area contributed by atoms with Crippen LogP contribution in [0.15, 0.2) is 16.0 Å². The predicted molar refractivity (Wildman–Crippen MR) is 95.5 cm³/mol. The molecule has 1 aliphatic rings. The van der Waals surface area contributed by atoms with E-state index < -0.39 is 5.97 Å². The number of ether oxygens (including phenoxy) is 1. The Hall–Kier alpha value is -1.83. The number of methoxy groups -OCH3 is 1. The number of rotatable bonds is 5. The maximum atomic E-state index is 12.8. The summed E-state index contributed by atoms with van der Waals surface area (Å²) < 4.78 is 4.60. The number of aromatic nitrogens is 2. The number of likely N-dealkylation sites (tertiary alicyclic amines) is 1. The Morgan fingerprint density at radius 3 is 2.64 bits per heavy atom. The molecule has 1 amide bonds. The molecule has 0 spiro atoms. The first-order valence-corrected chi connectivity index (χ1v) is 9.35. The van der Waals surface area contributed by atoms with Crippen LogP contribution in [0, 0.1) is 0 Å². The van der Waals surface area contributed by atoms with Gasteiger partial charge in [-0.3, -0.25) is 14.4 Å². The first-order chi connectivity index (χ1) is 11.8. The van der Waals surface area contributed by atoms with Gasteiger partial charge in [0.25, 0.3) is 5.56 Å². The van der Waals surface area contributed by atoms with Gasteiger partial charge >= 0.3 is 5.97 Å².